The highest BCUT2D eigenvalue weighted by molar-refractivity contribution is 7.92. The highest BCUT2D eigenvalue weighted by Crippen LogP contribution is 2.29. The molecule has 7 heteroatoms. The lowest BCUT2D eigenvalue weighted by Crippen LogP contribution is -2.14. The minimum Gasteiger partial charge on any atom is -0.495 e. The van der Waals surface area contributed by atoms with Crippen molar-refractivity contribution in [2.45, 2.75) is 31.6 Å². The SMILES string of the molecule is COc1cc(C(C)C)ccc1S(=O)(=O)Nc1cc(C)on1. The Morgan fingerprint density at radius 1 is 1.29 bits per heavy atom. The maximum atomic E-state index is 12.4. The number of hydrogen-bond donors (Lipinski definition) is 1. The normalized spacial score (nSPS) is 11.7. The zero-order valence-corrected chi connectivity index (χ0v) is 13.2. The number of nitrogens with one attached hydrogen (secondary N) is 1. The third-order valence-corrected chi connectivity index (χ3v) is 4.40. The molecule has 6 nitrogen and oxygen atoms in total. The van der Waals surface area contributed by atoms with Crippen LogP contribution in [0.4, 0.5) is 5.82 Å². The fourth-order valence-corrected chi connectivity index (χ4v) is 3.01. The topological polar surface area (TPSA) is 81.4 Å². The predicted octanol–water partition coefficient (Wildman–Crippen LogP) is 2.92. The first kappa shape index (κ1) is 15.4. The van der Waals surface area contributed by atoms with Gasteiger partial charge in [-0.25, -0.2) is 8.42 Å². The summed E-state index contributed by atoms with van der Waals surface area (Å²) in [5.41, 5.74) is 1.00. The first-order valence-electron chi connectivity index (χ1n) is 6.47. The van der Waals surface area contributed by atoms with Gasteiger partial charge in [-0.3, -0.25) is 4.72 Å². The molecule has 1 N–H and O–H groups in total. The van der Waals surface area contributed by atoms with Crippen LogP contribution in [0.15, 0.2) is 33.7 Å². The lowest BCUT2D eigenvalue weighted by atomic mass is 10.0. The molecule has 0 saturated heterocycles. The van der Waals surface area contributed by atoms with Crippen LogP contribution in [0.25, 0.3) is 0 Å². The Hall–Kier alpha value is -2.02. The zero-order chi connectivity index (χ0) is 15.6. The third-order valence-electron chi connectivity index (χ3n) is 3.01. The molecule has 1 aromatic heterocycles. The third kappa shape index (κ3) is 3.36. The van der Waals surface area contributed by atoms with Gasteiger partial charge in [0.1, 0.15) is 16.4 Å². The number of methoxy groups -OCH3 is 1. The van der Waals surface area contributed by atoms with Crippen molar-refractivity contribution in [3.8, 4) is 5.75 Å². The van der Waals surface area contributed by atoms with E-state index in [-0.39, 0.29) is 16.6 Å². The number of nitrogens with zero attached hydrogens (tertiary/aromatic N) is 1. The molecular formula is C14H18N2O4S. The second-order valence-corrected chi connectivity index (χ2v) is 6.64. The summed E-state index contributed by atoms with van der Waals surface area (Å²) < 4.78 is 37.2. The Bertz CT molecular complexity index is 735. The average Bonchev–Trinajstić information content (AvgIpc) is 2.82. The quantitative estimate of drug-likeness (QED) is 0.918. The standard InChI is InChI=1S/C14H18N2O4S/c1-9(2)11-5-6-13(12(8-11)19-4)21(17,18)16-14-7-10(3)20-15-14/h5-9H,1-4H3,(H,15,16). The van der Waals surface area contributed by atoms with Gasteiger partial charge in [-0.15, -0.1) is 0 Å². The van der Waals surface area contributed by atoms with E-state index < -0.39 is 10.0 Å². The van der Waals surface area contributed by atoms with Crippen molar-refractivity contribution in [1.82, 2.24) is 5.16 Å². The molecule has 0 unspecified atom stereocenters. The van der Waals surface area contributed by atoms with E-state index in [0.717, 1.165) is 5.56 Å². The summed E-state index contributed by atoms with van der Waals surface area (Å²) in [6.45, 7) is 5.74. The number of aromatic nitrogens is 1. The highest BCUT2D eigenvalue weighted by atomic mass is 32.2. The minimum atomic E-state index is -3.78. The maximum Gasteiger partial charge on any atom is 0.266 e. The van der Waals surface area contributed by atoms with Crippen LogP contribution in [-0.2, 0) is 10.0 Å². The molecule has 2 rings (SSSR count). The van der Waals surface area contributed by atoms with Crippen LogP contribution in [0, 0.1) is 6.92 Å². The van der Waals surface area contributed by atoms with E-state index in [4.69, 9.17) is 9.26 Å². The number of hydrogen-bond acceptors (Lipinski definition) is 5. The van der Waals surface area contributed by atoms with E-state index in [9.17, 15) is 8.42 Å². The summed E-state index contributed by atoms with van der Waals surface area (Å²) in [6, 6.07) is 6.54. The van der Waals surface area contributed by atoms with Crippen molar-refractivity contribution in [3.05, 3.63) is 35.6 Å². The van der Waals surface area contributed by atoms with Crippen molar-refractivity contribution in [3.63, 3.8) is 0 Å². The molecule has 21 heavy (non-hydrogen) atoms. The van der Waals surface area contributed by atoms with Gasteiger partial charge in [0.15, 0.2) is 5.82 Å². The van der Waals surface area contributed by atoms with Gasteiger partial charge in [0.25, 0.3) is 10.0 Å². The Morgan fingerprint density at radius 3 is 2.52 bits per heavy atom. The van der Waals surface area contributed by atoms with Crippen LogP contribution in [-0.4, -0.2) is 20.7 Å². The van der Waals surface area contributed by atoms with Crippen molar-refractivity contribution in [1.29, 1.82) is 0 Å². The summed E-state index contributed by atoms with van der Waals surface area (Å²) in [7, 11) is -2.34. The average molecular weight is 310 g/mol. The largest absolute Gasteiger partial charge is 0.495 e. The van der Waals surface area contributed by atoms with Gasteiger partial charge < -0.3 is 9.26 Å². The van der Waals surface area contributed by atoms with Crippen LogP contribution < -0.4 is 9.46 Å². The van der Waals surface area contributed by atoms with Crippen molar-refractivity contribution < 1.29 is 17.7 Å². The van der Waals surface area contributed by atoms with Crippen LogP contribution in [0.5, 0.6) is 5.75 Å². The predicted molar refractivity (Wildman–Crippen MR) is 79.1 cm³/mol. The highest BCUT2D eigenvalue weighted by Gasteiger charge is 2.21. The number of sulfonamides is 1. The number of anilines is 1. The lowest BCUT2D eigenvalue weighted by Gasteiger charge is -2.13. The van der Waals surface area contributed by atoms with E-state index in [0.29, 0.717) is 11.5 Å². The molecule has 0 aliphatic carbocycles. The van der Waals surface area contributed by atoms with Crippen LogP contribution >= 0.6 is 0 Å². The van der Waals surface area contributed by atoms with Gasteiger partial charge in [0, 0.05) is 6.07 Å². The van der Waals surface area contributed by atoms with Gasteiger partial charge in [-0.2, -0.15) is 0 Å². The summed E-state index contributed by atoms with van der Waals surface area (Å²) in [5, 5.41) is 3.62. The molecule has 0 atom stereocenters. The number of ether oxygens (including phenoxy) is 1. The molecule has 0 radical (unpaired) electrons. The van der Waals surface area contributed by atoms with E-state index in [1.54, 1.807) is 19.1 Å². The van der Waals surface area contributed by atoms with Gasteiger partial charge in [-0.1, -0.05) is 25.1 Å². The zero-order valence-electron chi connectivity index (χ0n) is 12.4. The Balaban J connectivity index is 2.39. The molecule has 0 saturated carbocycles. The Morgan fingerprint density at radius 2 is 2.00 bits per heavy atom. The smallest absolute Gasteiger partial charge is 0.266 e. The molecule has 0 fully saturated rings. The molecule has 1 heterocycles. The number of benzene rings is 1. The summed E-state index contributed by atoms with van der Waals surface area (Å²) in [6.07, 6.45) is 0. The Labute approximate surface area is 124 Å². The summed E-state index contributed by atoms with van der Waals surface area (Å²) >= 11 is 0. The van der Waals surface area contributed by atoms with Crippen LogP contribution in [0.3, 0.4) is 0 Å². The van der Waals surface area contributed by atoms with Crippen molar-refractivity contribution in [2.75, 3.05) is 11.8 Å². The van der Waals surface area contributed by atoms with Gasteiger partial charge in [-0.05, 0) is 30.5 Å². The Kier molecular flexibility index (Phi) is 4.22. The molecular weight excluding hydrogens is 292 g/mol. The summed E-state index contributed by atoms with van der Waals surface area (Å²) in [4.78, 5) is 0.0649. The van der Waals surface area contributed by atoms with E-state index in [2.05, 4.69) is 9.88 Å². The van der Waals surface area contributed by atoms with Gasteiger partial charge >= 0.3 is 0 Å². The summed E-state index contributed by atoms with van der Waals surface area (Å²) in [5.74, 6) is 1.24. The monoisotopic (exact) mass is 310 g/mol. The first-order chi connectivity index (χ1) is 9.83. The van der Waals surface area contributed by atoms with E-state index in [1.807, 2.05) is 13.8 Å². The van der Waals surface area contributed by atoms with E-state index in [1.165, 1.54) is 19.2 Å². The molecule has 0 amide bonds. The van der Waals surface area contributed by atoms with Crippen molar-refractivity contribution >= 4 is 15.8 Å². The number of aryl methyl sites for hydroxylation is 1. The van der Waals surface area contributed by atoms with Gasteiger partial charge in [0.05, 0.1) is 7.11 Å². The first-order valence-corrected chi connectivity index (χ1v) is 7.96. The molecule has 0 bridgehead atoms. The molecule has 114 valence electrons. The fraction of sp³-hybridized carbons (Fsp3) is 0.357. The second-order valence-electron chi connectivity index (χ2n) is 4.99. The minimum absolute atomic E-state index is 0.0649. The van der Waals surface area contributed by atoms with E-state index >= 15 is 0 Å². The lowest BCUT2D eigenvalue weighted by molar-refractivity contribution is 0.399. The fourth-order valence-electron chi connectivity index (χ4n) is 1.87. The number of rotatable bonds is 5. The molecule has 0 spiro atoms. The molecule has 0 aliphatic rings. The second kappa shape index (κ2) is 5.77. The van der Waals surface area contributed by atoms with Crippen molar-refractivity contribution in [2.24, 2.45) is 0 Å². The molecule has 0 aliphatic heterocycles. The van der Waals surface area contributed by atoms with Crippen LogP contribution in [0.1, 0.15) is 31.1 Å². The maximum absolute atomic E-state index is 12.4. The van der Waals surface area contributed by atoms with Crippen LogP contribution in [0.2, 0.25) is 0 Å². The van der Waals surface area contributed by atoms with Gasteiger partial charge in [0.2, 0.25) is 0 Å². The molecule has 2 aromatic rings. The molecule has 1 aromatic carbocycles.